The van der Waals surface area contributed by atoms with Crippen LogP contribution < -0.4 is 15.9 Å². The molecule has 0 aliphatic heterocycles. The summed E-state index contributed by atoms with van der Waals surface area (Å²) >= 11 is 3.38. The third-order valence-corrected chi connectivity index (χ3v) is 7.24. The molecule has 0 spiro atoms. The van der Waals surface area contributed by atoms with Crippen molar-refractivity contribution in [3.05, 3.63) is 50.5 Å². The number of halogens is 1. The molecule has 30 heavy (non-hydrogen) atoms. The van der Waals surface area contributed by atoms with Gasteiger partial charge in [-0.1, -0.05) is 0 Å². The summed E-state index contributed by atoms with van der Waals surface area (Å²) in [5, 5.41) is 8.25. The minimum atomic E-state index is -3.78. The van der Waals surface area contributed by atoms with Crippen LogP contribution in [0.2, 0.25) is 0 Å². The molecule has 2 heterocycles. The first-order valence-electron chi connectivity index (χ1n) is 9.17. The Hall–Kier alpha value is -2.44. The summed E-state index contributed by atoms with van der Waals surface area (Å²) < 4.78 is 31.8. The van der Waals surface area contributed by atoms with E-state index < -0.39 is 21.1 Å². The summed E-state index contributed by atoms with van der Waals surface area (Å²) in [7, 11) is -0.619. The molecule has 2 aromatic heterocycles. The number of aromatic amines is 1. The zero-order valence-corrected chi connectivity index (χ0v) is 19.0. The van der Waals surface area contributed by atoms with Crippen molar-refractivity contribution in [2.24, 2.45) is 12.2 Å². The molecule has 0 atom stereocenters. The second kappa shape index (κ2) is 7.36. The molecule has 160 valence electrons. The van der Waals surface area contributed by atoms with Gasteiger partial charge >= 0.3 is 0 Å². The molecule has 1 fully saturated rings. The van der Waals surface area contributed by atoms with Crippen LogP contribution in [0.3, 0.4) is 0 Å². The van der Waals surface area contributed by atoms with Crippen LogP contribution in [0.25, 0.3) is 10.9 Å². The number of fused-ring (bicyclic) bond motifs is 1. The third-order valence-electron chi connectivity index (χ3n) is 5.00. The van der Waals surface area contributed by atoms with Gasteiger partial charge in [0.2, 0.25) is 15.6 Å². The minimum absolute atomic E-state index is 0.0184. The standard InChI is InChI=1S/C18H21BrN6O4S/c1-18(4-5-18)23-30(27,28)12-6-13-15(14(19)7-12)21-17(22-29-3)25(16(13)26)10-11-8-20-24(2)9-11/h6-9,23H,4-5,10H2,1-3H3,(H,21,22). The van der Waals surface area contributed by atoms with Gasteiger partial charge in [0.05, 0.1) is 28.5 Å². The van der Waals surface area contributed by atoms with Gasteiger partial charge in [-0.25, -0.2) is 13.1 Å². The van der Waals surface area contributed by atoms with E-state index >= 15 is 0 Å². The summed E-state index contributed by atoms with van der Waals surface area (Å²) in [6, 6.07) is 2.84. The number of aryl methyl sites for hydroxylation is 1. The highest BCUT2D eigenvalue weighted by atomic mass is 79.9. The Kier molecular flexibility index (Phi) is 5.11. The van der Waals surface area contributed by atoms with E-state index in [9.17, 15) is 13.2 Å². The maximum atomic E-state index is 13.3. The van der Waals surface area contributed by atoms with Crippen LogP contribution in [0, 0.1) is 0 Å². The highest BCUT2D eigenvalue weighted by Gasteiger charge is 2.41. The number of H-pyrrole nitrogens is 1. The van der Waals surface area contributed by atoms with Crippen molar-refractivity contribution in [3.63, 3.8) is 0 Å². The van der Waals surface area contributed by atoms with E-state index in [-0.39, 0.29) is 22.4 Å². The molecule has 2 N–H and O–H groups in total. The summed E-state index contributed by atoms with van der Waals surface area (Å²) in [4.78, 5) is 21.3. The first-order chi connectivity index (χ1) is 14.1. The molecule has 0 unspecified atom stereocenters. The van der Waals surface area contributed by atoms with Gasteiger partial charge in [0, 0.05) is 28.8 Å². The molecule has 1 aromatic carbocycles. The Morgan fingerprint density at radius 3 is 2.73 bits per heavy atom. The molecule has 12 heteroatoms. The number of hydrogen-bond acceptors (Lipinski definition) is 6. The van der Waals surface area contributed by atoms with Gasteiger partial charge < -0.3 is 9.82 Å². The highest BCUT2D eigenvalue weighted by molar-refractivity contribution is 9.10. The molecular formula is C18H21BrN6O4S. The molecule has 0 bridgehead atoms. The Morgan fingerprint density at radius 2 is 2.13 bits per heavy atom. The van der Waals surface area contributed by atoms with Crippen LogP contribution in [-0.2, 0) is 28.5 Å². The quantitative estimate of drug-likeness (QED) is 0.495. The Bertz CT molecular complexity index is 1370. The summed E-state index contributed by atoms with van der Waals surface area (Å²) in [6.45, 7) is 2.04. The molecule has 0 amide bonds. The lowest BCUT2D eigenvalue weighted by Gasteiger charge is -2.14. The normalized spacial score (nSPS) is 16.2. The summed E-state index contributed by atoms with van der Waals surface area (Å²) in [5.74, 6) is 0. The maximum Gasteiger partial charge on any atom is 0.263 e. The lowest BCUT2D eigenvalue weighted by molar-refractivity contribution is 0.192. The number of benzene rings is 1. The van der Waals surface area contributed by atoms with Crippen LogP contribution in [0.4, 0.5) is 0 Å². The van der Waals surface area contributed by atoms with Crippen molar-refractivity contribution in [2.75, 3.05) is 7.11 Å². The number of nitrogens with zero attached hydrogens (tertiary/aromatic N) is 4. The summed E-state index contributed by atoms with van der Waals surface area (Å²) in [6.07, 6.45) is 5.00. The van der Waals surface area contributed by atoms with E-state index in [2.05, 4.69) is 35.9 Å². The first kappa shape index (κ1) is 20.8. The number of rotatable bonds is 6. The lowest BCUT2D eigenvalue weighted by atomic mass is 10.2. The second-order valence-electron chi connectivity index (χ2n) is 7.63. The molecule has 1 saturated carbocycles. The molecule has 0 saturated heterocycles. The van der Waals surface area contributed by atoms with E-state index in [1.54, 1.807) is 24.1 Å². The topological polar surface area (TPSA) is 123 Å². The fourth-order valence-electron chi connectivity index (χ4n) is 3.17. The largest absolute Gasteiger partial charge is 0.396 e. The number of aromatic nitrogens is 4. The lowest BCUT2D eigenvalue weighted by Crippen LogP contribution is -2.37. The van der Waals surface area contributed by atoms with Crippen molar-refractivity contribution in [2.45, 2.75) is 36.7 Å². The van der Waals surface area contributed by atoms with E-state index in [0.29, 0.717) is 9.99 Å². The maximum absolute atomic E-state index is 13.3. The van der Waals surface area contributed by atoms with Crippen molar-refractivity contribution in [1.82, 2.24) is 24.1 Å². The van der Waals surface area contributed by atoms with E-state index in [4.69, 9.17) is 4.84 Å². The zero-order valence-electron chi connectivity index (χ0n) is 16.6. The van der Waals surface area contributed by atoms with Crippen LogP contribution in [-0.4, -0.2) is 40.4 Å². The fourth-order valence-corrected chi connectivity index (χ4v) is 5.40. The predicted molar refractivity (Wildman–Crippen MR) is 113 cm³/mol. The van der Waals surface area contributed by atoms with Crippen LogP contribution in [0.5, 0.6) is 0 Å². The molecule has 10 nitrogen and oxygen atoms in total. The summed E-state index contributed by atoms with van der Waals surface area (Å²) in [5.41, 5.74) is 0.576. The van der Waals surface area contributed by atoms with Crippen LogP contribution in [0.15, 0.2) is 43.8 Å². The zero-order chi connectivity index (χ0) is 21.7. The van der Waals surface area contributed by atoms with Gasteiger partial charge in [-0.2, -0.15) is 5.10 Å². The van der Waals surface area contributed by atoms with Gasteiger partial charge in [0.15, 0.2) is 0 Å². The average molecular weight is 497 g/mol. The van der Waals surface area contributed by atoms with Crippen LogP contribution >= 0.6 is 15.9 Å². The highest BCUT2D eigenvalue weighted by Crippen LogP contribution is 2.36. The van der Waals surface area contributed by atoms with Crippen LogP contribution in [0.1, 0.15) is 25.3 Å². The Morgan fingerprint density at radius 1 is 1.40 bits per heavy atom. The number of nitrogens with one attached hydrogen (secondary N) is 2. The van der Waals surface area contributed by atoms with Gasteiger partial charge in [-0.3, -0.25) is 14.0 Å². The monoisotopic (exact) mass is 496 g/mol. The fraction of sp³-hybridized carbons (Fsp3) is 0.389. The molecule has 0 radical (unpaired) electrons. The Labute approximate surface area is 180 Å². The Balaban J connectivity index is 1.91. The predicted octanol–water partition coefficient (Wildman–Crippen LogP) is 1.17. The third kappa shape index (κ3) is 3.94. The minimum Gasteiger partial charge on any atom is -0.396 e. The number of sulfonamides is 1. The van der Waals surface area contributed by atoms with Crippen molar-refractivity contribution < 1.29 is 13.3 Å². The van der Waals surface area contributed by atoms with Crippen molar-refractivity contribution in [3.8, 4) is 0 Å². The van der Waals surface area contributed by atoms with E-state index in [1.807, 2.05) is 6.92 Å². The van der Waals surface area contributed by atoms with Gasteiger partial charge in [-0.15, -0.1) is 0 Å². The molecule has 1 aliphatic rings. The molecule has 1 aliphatic carbocycles. The number of hydrogen-bond donors (Lipinski definition) is 2. The van der Waals surface area contributed by atoms with E-state index in [0.717, 1.165) is 18.4 Å². The second-order valence-corrected chi connectivity index (χ2v) is 10.2. The van der Waals surface area contributed by atoms with Crippen molar-refractivity contribution in [1.29, 1.82) is 0 Å². The SMILES string of the molecule is CO/N=c1\[nH]c2c(Br)cc(S(=O)(=O)NC3(C)CC3)cc2c(=O)n1Cc1cnn(C)c1. The van der Waals surface area contributed by atoms with Gasteiger partial charge in [0.1, 0.15) is 7.11 Å². The molecular weight excluding hydrogens is 476 g/mol. The first-order valence-corrected chi connectivity index (χ1v) is 11.4. The average Bonchev–Trinajstić information content (AvgIpc) is 3.23. The molecule has 4 rings (SSSR count). The van der Waals surface area contributed by atoms with Gasteiger partial charge in [0.25, 0.3) is 5.56 Å². The smallest absolute Gasteiger partial charge is 0.263 e. The van der Waals surface area contributed by atoms with E-state index in [1.165, 1.54) is 23.8 Å². The van der Waals surface area contributed by atoms with Crippen molar-refractivity contribution >= 4 is 36.9 Å². The van der Waals surface area contributed by atoms with Gasteiger partial charge in [-0.05, 0) is 53.0 Å². The molecule has 3 aromatic rings.